The molecule has 1 rings (SSSR count). The zero-order valence-electron chi connectivity index (χ0n) is 13.8. The fraction of sp³-hybridized carbons (Fsp3) is 0.438. The second kappa shape index (κ2) is 10.1. The Labute approximate surface area is 140 Å². The molecular formula is C16H22N2O6. The predicted octanol–water partition coefficient (Wildman–Crippen LogP) is 0.805. The van der Waals surface area contributed by atoms with Crippen LogP contribution in [-0.2, 0) is 9.59 Å². The second-order valence-corrected chi connectivity index (χ2v) is 4.87. The van der Waals surface area contributed by atoms with Gasteiger partial charge < -0.3 is 25.2 Å². The van der Waals surface area contributed by atoms with Crippen LogP contribution in [0.25, 0.3) is 0 Å². The van der Waals surface area contributed by atoms with Gasteiger partial charge >= 0.3 is 5.97 Å². The quantitative estimate of drug-likeness (QED) is 0.544. The van der Waals surface area contributed by atoms with Gasteiger partial charge in [0.1, 0.15) is 0 Å². The number of carbonyl (C=O) groups excluding carboxylic acids is 2. The SMILES string of the molecule is CCOc1cc(C(=O)NCCCNC(C)=O)ccc1OCC(=O)O. The van der Waals surface area contributed by atoms with Crippen LogP contribution < -0.4 is 20.1 Å². The molecule has 0 bridgehead atoms. The van der Waals surface area contributed by atoms with E-state index in [0.717, 1.165) is 0 Å². The summed E-state index contributed by atoms with van der Waals surface area (Å²) in [6.07, 6.45) is 0.615. The zero-order chi connectivity index (χ0) is 17.9. The maximum Gasteiger partial charge on any atom is 0.341 e. The summed E-state index contributed by atoms with van der Waals surface area (Å²) in [6, 6.07) is 4.53. The third-order valence-corrected chi connectivity index (χ3v) is 2.87. The van der Waals surface area contributed by atoms with Crippen molar-refractivity contribution in [2.75, 3.05) is 26.3 Å². The molecule has 1 aromatic rings. The molecule has 0 aliphatic rings. The smallest absolute Gasteiger partial charge is 0.341 e. The Morgan fingerprint density at radius 2 is 1.79 bits per heavy atom. The second-order valence-electron chi connectivity index (χ2n) is 4.87. The van der Waals surface area contributed by atoms with Gasteiger partial charge in [-0.1, -0.05) is 0 Å². The van der Waals surface area contributed by atoms with E-state index in [2.05, 4.69) is 10.6 Å². The van der Waals surface area contributed by atoms with Crippen LogP contribution in [0.4, 0.5) is 0 Å². The maximum absolute atomic E-state index is 12.1. The molecule has 0 aliphatic carbocycles. The summed E-state index contributed by atoms with van der Waals surface area (Å²) in [5.41, 5.74) is 0.376. The Hall–Kier alpha value is -2.77. The summed E-state index contributed by atoms with van der Waals surface area (Å²) in [6.45, 7) is 3.97. The molecule has 3 N–H and O–H groups in total. The fourth-order valence-electron chi connectivity index (χ4n) is 1.83. The summed E-state index contributed by atoms with van der Waals surface area (Å²) >= 11 is 0. The van der Waals surface area contributed by atoms with Gasteiger partial charge in [-0.15, -0.1) is 0 Å². The third kappa shape index (κ3) is 6.99. The van der Waals surface area contributed by atoms with E-state index in [4.69, 9.17) is 14.6 Å². The van der Waals surface area contributed by atoms with Crippen molar-refractivity contribution >= 4 is 17.8 Å². The molecule has 132 valence electrons. The number of benzene rings is 1. The molecule has 8 nitrogen and oxygen atoms in total. The molecule has 0 saturated carbocycles. The monoisotopic (exact) mass is 338 g/mol. The lowest BCUT2D eigenvalue weighted by Crippen LogP contribution is -2.28. The van der Waals surface area contributed by atoms with E-state index in [0.29, 0.717) is 37.4 Å². The summed E-state index contributed by atoms with van der Waals surface area (Å²) in [7, 11) is 0. The van der Waals surface area contributed by atoms with Crippen LogP contribution in [0.1, 0.15) is 30.6 Å². The van der Waals surface area contributed by atoms with Crippen LogP contribution in [-0.4, -0.2) is 49.2 Å². The van der Waals surface area contributed by atoms with E-state index in [1.165, 1.54) is 25.1 Å². The van der Waals surface area contributed by atoms with Gasteiger partial charge in [0.05, 0.1) is 6.61 Å². The average molecular weight is 338 g/mol. The maximum atomic E-state index is 12.1. The summed E-state index contributed by atoms with van der Waals surface area (Å²) in [4.78, 5) is 33.4. The van der Waals surface area contributed by atoms with Crippen molar-refractivity contribution in [3.05, 3.63) is 23.8 Å². The van der Waals surface area contributed by atoms with Crippen molar-refractivity contribution in [1.29, 1.82) is 0 Å². The number of carboxylic acids is 1. The molecule has 1 aromatic carbocycles. The molecular weight excluding hydrogens is 316 g/mol. The van der Waals surface area contributed by atoms with Crippen molar-refractivity contribution in [2.24, 2.45) is 0 Å². The Morgan fingerprint density at radius 3 is 2.42 bits per heavy atom. The van der Waals surface area contributed by atoms with Crippen molar-refractivity contribution in [3.8, 4) is 11.5 Å². The van der Waals surface area contributed by atoms with Gasteiger partial charge in [-0.05, 0) is 31.5 Å². The Kier molecular flexibility index (Phi) is 8.10. The minimum Gasteiger partial charge on any atom is -0.490 e. The Bertz CT molecular complexity index is 588. The van der Waals surface area contributed by atoms with E-state index >= 15 is 0 Å². The number of amides is 2. The molecule has 24 heavy (non-hydrogen) atoms. The minimum absolute atomic E-state index is 0.111. The number of nitrogens with one attached hydrogen (secondary N) is 2. The Morgan fingerprint density at radius 1 is 1.08 bits per heavy atom. The first kappa shape index (κ1) is 19.3. The molecule has 0 saturated heterocycles. The van der Waals surface area contributed by atoms with Crippen LogP contribution >= 0.6 is 0 Å². The van der Waals surface area contributed by atoms with E-state index in [9.17, 15) is 14.4 Å². The number of carboxylic acid groups (broad SMARTS) is 1. The van der Waals surface area contributed by atoms with Crippen molar-refractivity contribution in [1.82, 2.24) is 10.6 Å². The van der Waals surface area contributed by atoms with Crippen molar-refractivity contribution < 1.29 is 29.0 Å². The lowest BCUT2D eigenvalue weighted by molar-refractivity contribution is -0.139. The summed E-state index contributed by atoms with van der Waals surface area (Å²) in [5.74, 6) is -0.923. The van der Waals surface area contributed by atoms with Crippen molar-refractivity contribution in [3.63, 3.8) is 0 Å². The van der Waals surface area contributed by atoms with Gasteiger partial charge in [0.15, 0.2) is 18.1 Å². The Balaban J connectivity index is 2.63. The fourth-order valence-corrected chi connectivity index (χ4v) is 1.83. The lowest BCUT2D eigenvalue weighted by atomic mass is 10.2. The average Bonchev–Trinajstić information content (AvgIpc) is 2.53. The van der Waals surface area contributed by atoms with Gasteiger partial charge in [-0.25, -0.2) is 4.79 Å². The highest BCUT2D eigenvalue weighted by molar-refractivity contribution is 5.94. The zero-order valence-corrected chi connectivity index (χ0v) is 13.8. The number of rotatable bonds is 10. The number of ether oxygens (including phenoxy) is 2. The molecule has 0 atom stereocenters. The highest BCUT2D eigenvalue weighted by Crippen LogP contribution is 2.28. The molecule has 8 heteroatoms. The van der Waals surface area contributed by atoms with Gasteiger partial charge in [0.25, 0.3) is 5.91 Å². The highest BCUT2D eigenvalue weighted by Gasteiger charge is 2.12. The van der Waals surface area contributed by atoms with Crippen LogP contribution in [0.15, 0.2) is 18.2 Å². The molecule has 0 spiro atoms. The minimum atomic E-state index is -1.10. The summed E-state index contributed by atoms with van der Waals surface area (Å²) < 4.78 is 10.5. The van der Waals surface area contributed by atoms with Crippen LogP contribution in [0.2, 0.25) is 0 Å². The van der Waals surface area contributed by atoms with Crippen LogP contribution in [0, 0.1) is 0 Å². The molecule has 0 fully saturated rings. The van der Waals surface area contributed by atoms with E-state index in [1.807, 2.05) is 0 Å². The van der Waals surface area contributed by atoms with Crippen LogP contribution in [0.5, 0.6) is 11.5 Å². The first-order valence-electron chi connectivity index (χ1n) is 7.58. The topological polar surface area (TPSA) is 114 Å². The van der Waals surface area contributed by atoms with Gasteiger partial charge in [0, 0.05) is 25.6 Å². The highest BCUT2D eigenvalue weighted by atomic mass is 16.5. The normalized spacial score (nSPS) is 9.92. The first-order chi connectivity index (χ1) is 11.4. The largest absolute Gasteiger partial charge is 0.490 e. The van der Waals surface area contributed by atoms with Gasteiger partial charge in [-0.3, -0.25) is 9.59 Å². The lowest BCUT2D eigenvalue weighted by Gasteiger charge is -2.12. The van der Waals surface area contributed by atoms with E-state index < -0.39 is 12.6 Å². The third-order valence-electron chi connectivity index (χ3n) is 2.87. The van der Waals surface area contributed by atoms with Gasteiger partial charge in [-0.2, -0.15) is 0 Å². The number of hydrogen-bond acceptors (Lipinski definition) is 5. The number of hydrogen-bond donors (Lipinski definition) is 3. The molecule has 0 heterocycles. The summed E-state index contributed by atoms with van der Waals surface area (Å²) in [5, 5.41) is 14.0. The number of carbonyl (C=O) groups is 3. The van der Waals surface area contributed by atoms with E-state index in [1.54, 1.807) is 6.92 Å². The number of aliphatic carboxylic acids is 1. The standard InChI is InChI=1S/C16H22N2O6/c1-3-23-14-9-12(5-6-13(14)24-10-15(20)21)16(22)18-8-4-7-17-11(2)19/h5-6,9H,3-4,7-8,10H2,1-2H3,(H,17,19)(H,18,22)(H,20,21). The first-order valence-corrected chi connectivity index (χ1v) is 7.58. The molecule has 2 amide bonds. The predicted molar refractivity (Wildman–Crippen MR) is 86.4 cm³/mol. The molecule has 0 unspecified atom stereocenters. The van der Waals surface area contributed by atoms with E-state index in [-0.39, 0.29) is 17.6 Å². The van der Waals surface area contributed by atoms with Gasteiger partial charge in [0.2, 0.25) is 5.91 Å². The molecule has 0 aliphatic heterocycles. The van der Waals surface area contributed by atoms with Crippen molar-refractivity contribution in [2.45, 2.75) is 20.3 Å². The van der Waals surface area contributed by atoms with Crippen LogP contribution in [0.3, 0.4) is 0 Å². The molecule has 0 radical (unpaired) electrons. The molecule has 0 aromatic heterocycles.